The summed E-state index contributed by atoms with van der Waals surface area (Å²) >= 11 is 1.66. The van der Waals surface area contributed by atoms with Gasteiger partial charge in [0.05, 0.1) is 12.3 Å². The van der Waals surface area contributed by atoms with Gasteiger partial charge in [-0.1, -0.05) is 0 Å². The highest BCUT2D eigenvalue weighted by Crippen LogP contribution is 2.10. The monoisotopic (exact) mass is 230 g/mol. The lowest BCUT2D eigenvalue weighted by molar-refractivity contribution is 0.0912. The van der Waals surface area contributed by atoms with Crippen molar-refractivity contribution < 1.29 is 9.47 Å². The van der Waals surface area contributed by atoms with E-state index in [2.05, 4.69) is 10.3 Å². The Morgan fingerprint density at radius 1 is 1.47 bits per heavy atom. The summed E-state index contributed by atoms with van der Waals surface area (Å²) in [6.45, 7) is 2.91. The molecule has 0 aromatic carbocycles. The maximum Gasteiger partial charge on any atom is 0.107 e. The number of hydrogen-bond acceptors (Lipinski definition) is 5. The molecule has 0 aliphatic rings. The van der Waals surface area contributed by atoms with Crippen LogP contribution in [0.25, 0.3) is 0 Å². The smallest absolute Gasteiger partial charge is 0.107 e. The first-order chi connectivity index (χ1) is 7.36. The Kier molecular flexibility index (Phi) is 6.50. The standard InChI is InChI=1S/C10H18N2O2S/c1-11-6-10-12-9(8-15-10)7-14-5-3-4-13-2/h8,11H,3-7H2,1-2H3. The average molecular weight is 230 g/mol. The minimum atomic E-state index is 0.601. The number of methoxy groups -OCH3 is 1. The fourth-order valence-corrected chi connectivity index (χ4v) is 1.92. The minimum absolute atomic E-state index is 0.601. The highest BCUT2D eigenvalue weighted by atomic mass is 32.1. The summed E-state index contributed by atoms with van der Waals surface area (Å²) in [4.78, 5) is 4.42. The van der Waals surface area contributed by atoms with Gasteiger partial charge < -0.3 is 14.8 Å². The molecular formula is C10H18N2O2S. The van der Waals surface area contributed by atoms with E-state index in [0.717, 1.165) is 36.9 Å². The normalized spacial score (nSPS) is 10.8. The number of nitrogens with zero attached hydrogens (tertiary/aromatic N) is 1. The van der Waals surface area contributed by atoms with Crippen LogP contribution in [-0.2, 0) is 22.6 Å². The SMILES string of the molecule is CNCc1nc(COCCCOC)cs1. The Bertz CT molecular complexity index is 266. The van der Waals surface area contributed by atoms with Crippen molar-refractivity contribution in [2.24, 2.45) is 0 Å². The van der Waals surface area contributed by atoms with Crippen molar-refractivity contribution >= 4 is 11.3 Å². The largest absolute Gasteiger partial charge is 0.385 e. The maximum atomic E-state index is 5.46. The molecule has 1 rings (SSSR count). The van der Waals surface area contributed by atoms with Crippen LogP contribution >= 0.6 is 11.3 Å². The van der Waals surface area contributed by atoms with E-state index in [1.807, 2.05) is 12.4 Å². The van der Waals surface area contributed by atoms with Crippen molar-refractivity contribution in [2.75, 3.05) is 27.4 Å². The van der Waals surface area contributed by atoms with Gasteiger partial charge in [-0.25, -0.2) is 4.98 Å². The molecule has 0 radical (unpaired) electrons. The number of thiazole rings is 1. The van der Waals surface area contributed by atoms with Crippen LogP contribution in [-0.4, -0.2) is 32.4 Å². The summed E-state index contributed by atoms with van der Waals surface area (Å²) in [6.07, 6.45) is 0.935. The van der Waals surface area contributed by atoms with Gasteiger partial charge in [-0.05, 0) is 13.5 Å². The lowest BCUT2D eigenvalue weighted by atomic mass is 10.5. The van der Waals surface area contributed by atoms with Gasteiger partial charge in [0.25, 0.3) is 0 Å². The van der Waals surface area contributed by atoms with Gasteiger partial charge in [0.15, 0.2) is 0 Å². The Morgan fingerprint density at radius 2 is 2.33 bits per heavy atom. The van der Waals surface area contributed by atoms with Gasteiger partial charge in [0.2, 0.25) is 0 Å². The zero-order valence-electron chi connectivity index (χ0n) is 9.28. The number of hydrogen-bond donors (Lipinski definition) is 1. The molecule has 0 saturated heterocycles. The van der Waals surface area contributed by atoms with Crippen LogP contribution in [0.5, 0.6) is 0 Å². The molecule has 0 aliphatic heterocycles. The number of aromatic nitrogens is 1. The van der Waals surface area contributed by atoms with Crippen molar-refractivity contribution in [1.29, 1.82) is 0 Å². The quantitative estimate of drug-likeness (QED) is 0.686. The Balaban J connectivity index is 2.14. The third-order valence-corrected chi connectivity index (χ3v) is 2.71. The van der Waals surface area contributed by atoms with Crippen LogP contribution < -0.4 is 5.32 Å². The zero-order chi connectivity index (χ0) is 10.9. The lowest BCUT2D eigenvalue weighted by Crippen LogP contribution is -2.05. The molecule has 5 heteroatoms. The second kappa shape index (κ2) is 7.76. The van der Waals surface area contributed by atoms with Gasteiger partial charge in [0, 0.05) is 32.2 Å². The van der Waals surface area contributed by atoms with Crippen LogP contribution in [0.3, 0.4) is 0 Å². The fraction of sp³-hybridized carbons (Fsp3) is 0.700. The van der Waals surface area contributed by atoms with Crippen LogP contribution in [0.15, 0.2) is 5.38 Å². The molecule has 0 amide bonds. The van der Waals surface area contributed by atoms with Gasteiger partial charge in [-0.15, -0.1) is 11.3 Å². The van der Waals surface area contributed by atoms with E-state index >= 15 is 0 Å². The predicted molar refractivity (Wildman–Crippen MR) is 61.0 cm³/mol. The molecule has 1 heterocycles. The van der Waals surface area contributed by atoms with Crippen molar-refractivity contribution in [2.45, 2.75) is 19.6 Å². The van der Waals surface area contributed by atoms with Crippen LogP contribution in [0, 0.1) is 0 Å². The molecule has 0 fully saturated rings. The molecule has 0 aliphatic carbocycles. The minimum Gasteiger partial charge on any atom is -0.385 e. The number of rotatable bonds is 8. The van der Waals surface area contributed by atoms with Crippen LogP contribution in [0.4, 0.5) is 0 Å². The summed E-state index contributed by atoms with van der Waals surface area (Å²) in [7, 11) is 3.62. The van der Waals surface area contributed by atoms with E-state index < -0.39 is 0 Å². The topological polar surface area (TPSA) is 43.4 Å². The molecule has 15 heavy (non-hydrogen) atoms. The van der Waals surface area contributed by atoms with E-state index in [1.165, 1.54) is 0 Å². The van der Waals surface area contributed by atoms with E-state index in [1.54, 1.807) is 18.4 Å². The van der Waals surface area contributed by atoms with Crippen LogP contribution in [0.2, 0.25) is 0 Å². The molecule has 0 atom stereocenters. The Labute approximate surface area is 94.6 Å². The lowest BCUT2D eigenvalue weighted by Gasteiger charge is -2.00. The van der Waals surface area contributed by atoms with Gasteiger partial charge >= 0.3 is 0 Å². The Morgan fingerprint density at radius 3 is 3.07 bits per heavy atom. The van der Waals surface area contributed by atoms with Crippen LogP contribution in [0.1, 0.15) is 17.1 Å². The van der Waals surface area contributed by atoms with Crippen molar-refractivity contribution in [3.8, 4) is 0 Å². The average Bonchev–Trinajstić information content (AvgIpc) is 2.66. The summed E-state index contributed by atoms with van der Waals surface area (Å²) in [6, 6.07) is 0. The highest BCUT2D eigenvalue weighted by Gasteiger charge is 2.00. The van der Waals surface area contributed by atoms with E-state index in [4.69, 9.17) is 9.47 Å². The molecule has 4 nitrogen and oxygen atoms in total. The van der Waals surface area contributed by atoms with E-state index in [9.17, 15) is 0 Å². The number of nitrogens with one attached hydrogen (secondary N) is 1. The predicted octanol–water partition coefficient (Wildman–Crippen LogP) is 1.42. The highest BCUT2D eigenvalue weighted by molar-refractivity contribution is 7.09. The molecule has 0 unspecified atom stereocenters. The third-order valence-electron chi connectivity index (χ3n) is 1.81. The zero-order valence-corrected chi connectivity index (χ0v) is 10.1. The fourth-order valence-electron chi connectivity index (χ4n) is 1.13. The van der Waals surface area contributed by atoms with Crippen molar-refractivity contribution in [1.82, 2.24) is 10.3 Å². The maximum absolute atomic E-state index is 5.46. The molecule has 1 aromatic heterocycles. The third kappa shape index (κ3) is 5.22. The Hall–Kier alpha value is -0.490. The molecule has 0 saturated carbocycles. The second-order valence-electron chi connectivity index (χ2n) is 3.16. The molecule has 86 valence electrons. The molecular weight excluding hydrogens is 212 g/mol. The summed E-state index contributed by atoms with van der Waals surface area (Å²) in [5.74, 6) is 0. The molecule has 0 bridgehead atoms. The second-order valence-corrected chi connectivity index (χ2v) is 4.10. The van der Waals surface area contributed by atoms with Gasteiger partial charge in [-0.2, -0.15) is 0 Å². The van der Waals surface area contributed by atoms with Gasteiger partial charge in [-0.3, -0.25) is 0 Å². The molecule has 1 N–H and O–H groups in total. The summed E-state index contributed by atoms with van der Waals surface area (Å²) in [5.41, 5.74) is 1.02. The first-order valence-corrected chi connectivity index (χ1v) is 5.89. The van der Waals surface area contributed by atoms with E-state index in [0.29, 0.717) is 6.61 Å². The number of ether oxygens (including phenoxy) is 2. The van der Waals surface area contributed by atoms with E-state index in [-0.39, 0.29) is 0 Å². The first kappa shape index (κ1) is 12.6. The summed E-state index contributed by atoms with van der Waals surface area (Å²) in [5, 5.41) is 6.22. The molecule has 1 aromatic rings. The molecule has 0 spiro atoms. The first-order valence-electron chi connectivity index (χ1n) is 5.01. The van der Waals surface area contributed by atoms with Crippen molar-refractivity contribution in [3.05, 3.63) is 16.1 Å². The summed E-state index contributed by atoms with van der Waals surface area (Å²) < 4.78 is 10.4. The van der Waals surface area contributed by atoms with Gasteiger partial charge in [0.1, 0.15) is 5.01 Å². The van der Waals surface area contributed by atoms with Crippen molar-refractivity contribution in [3.63, 3.8) is 0 Å².